The highest BCUT2D eigenvalue weighted by Crippen LogP contribution is 2.36. The number of primary amides is 1. The molecule has 1 amide bonds. The van der Waals surface area contributed by atoms with E-state index >= 15 is 0 Å². The molecule has 0 bridgehead atoms. The first-order valence-electron chi connectivity index (χ1n) is 7.95. The topological polar surface area (TPSA) is 81.7 Å². The number of carbonyl (C=O) groups excluding carboxylic acids is 1. The molecule has 25 heavy (non-hydrogen) atoms. The molecule has 0 aliphatic rings. The molecule has 0 aliphatic carbocycles. The van der Waals surface area contributed by atoms with Crippen molar-refractivity contribution in [2.45, 2.75) is 33.2 Å². The summed E-state index contributed by atoms with van der Waals surface area (Å²) in [5, 5.41) is 3.52. The van der Waals surface area contributed by atoms with E-state index in [0.717, 1.165) is 33.5 Å². The zero-order valence-electron chi connectivity index (χ0n) is 15.0. The number of thiazole rings is 1. The van der Waals surface area contributed by atoms with Crippen LogP contribution in [0.1, 0.15) is 36.1 Å². The first kappa shape index (κ1) is 17.3. The molecule has 0 atom stereocenters. The first-order chi connectivity index (χ1) is 11.7. The van der Waals surface area contributed by atoms with Gasteiger partial charge in [0.1, 0.15) is 22.1 Å². The van der Waals surface area contributed by atoms with Crippen LogP contribution in [0, 0.1) is 6.92 Å². The fraction of sp³-hybridized carbons (Fsp3) is 0.333. The summed E-state index contributed by atoms with van der Waals surface area (Å²) in [4.78, 5) is 17.7. The summed E-state index contributed by atoms with van der Waals surface area (Å²) >= 11 is 1.31. The summed E-state index contributed by atoms with van der Waals surface area (Å²) in [7, 11) is 1.64. The Bertz CT molecular complexity index is 933. The van der Waals surface area contributed by atoms with Crippen LogP contribution in [0.15, 0.2) is 24.3 Å². The maximum Gasteiger partial charge on any atom is 0.260 e. The Kier molecular flexibility index (Phi) is 4.20. The molecule has 7 heteroatoms. The van der Waals surface area contributed by atoms with Crippen molar-refractivity contribution in [1.82, 2.24) is 9.38 Å². The minimum Gasteiger partial charge on any atom is -0.497 e. The van der Waals surface area contributed by atoms with Gasteiger partial charge in [0.05, 0.1) is 7.11 Å². The SMILES string of the molecule is COc1ccc(-c2nc3sc(C(N)=O)c(C)n3c2NC(C)(C)C)cc1. The molecule has 0 radical (unpaired) electrons. The van der Waals surface area contributed by atoms with Gasteiger partial charge in [0, 0.05) is 16.8 Å². The van der Waals surface area contributed by atoms with Gasteiger partial charge >= 0.3 is 0 Å². The predicted octanol–water partition coefficient (Wildman–Crippen LogP) is 3.69. The van der Waals surface area contributed by atoms with E-state index in [-0.39, 0.29) is 5.54 Å². The molecule has 2 aromatic heterocycles. The van der Waals surface area contributed by atoms with Gasteiger partial charge in [0.25, 0.3) is 5.91 Å². The Hall–Kier alpha value is -2.54. The highest BCUT2D eigenvalue weighted by Gasteiger charge is 2.24. The number of hydrogen-bond donors (Lipinski definition) is 2. The lowest BCUT2D eigenvalue weighted by Gasteiger charge is -2.22. The maximum absolute atomic E-state index is 11.7. The number of nitrogens with two attached hydrogens (primary N) is 1. The van der Waals surface area contributed by atoms with Crippen molar-refractivity contribution in [3.63, 3.8) is 0 Å². The lowest BCUT2D eigenvalue weighted by Crippen LogP contribution is -2.27. The quantitative estimate of drug-likeness (QED) is 0.745. The molecule has 1 aromatic carbocycles. The van der Waals surface area contributed by atoms with Gasteiger partial charge < -0.3 is 15.8 Å². The van der Waals surface area contributed by atoms with Crippen LogP contribution in [0.4, 0.5) is 5.82 Å². The van der Waals surface area contributed by atoms with Gasteiger partial charge in [-0.2, -0.15) is 0 Å². The van der Waals surface area contributed by atoms with Crippen LogP contribution in [0.25, 0.3) is 16.2 Å². The molecular formula is C18H22N4O2S. The van der Waals surface area contributed by atoms with Crippen molar-refractivity contribution in [2.24, 2.45) is 5.73 Å². The number of benzene rings is 1. The molecule has 0 unspecified atom stereocenters. The predicted molar refractivity (Wildman–Crippen MR) is 102 cm³/mol. The summed E-state index contributed by atoms with van der Waals surface area (Å²) < 4.78 is 7.20. The molecule has 0 aliphatic heterocycles. The van der Waals surface area contributed by atoms with E-state index in [2.05, 4.69) is 26.1 Å². The largest absolute Gasteiger partial charge is 0.497 e. The van der Waals surface area contributed by atoms with Crippen LogP contribution in [0.3, 0.4) is 0 Å². The number of amides is 1. The minimum atomic E-state index is -0.430. The van der Waals surface area contributed by atoms with Crippen LogP contribution in [-0.4, -0.2) is 27.9 Å². The Balaban J connectivity index is 2.23. The molecule has 6 nitrogen and oxygen atoms in total. The zero-order chi connectivity index (χ0) is 18.4. The van der Waals surface area contributed by atoms with Crippen LogP contribution >= 0.6 is 11.3 Å². The number of carbonyl (C=O) groups is 1. The Morgan fingerprint density at radius 1 is 1.28 bits per heavy atom. The number of nitrogens with one attached hydrogen (secondary N) is 1. The maximum atomic E-state index is 11.7. The van der Waals surface area contributed by atoms with E-state index in [1.54, 1.807) is 7.11 Å². The second-order valence-corrected chi connectivity index (χ2v) is 7.89. The van der Waals surface area contributed by atoms with Gasteiger partial charge in [-0.3, -0.25) is 9.20 Å². The molecule has 3 N–H and O–H groups in total. The molecule has 3 rings (SSSR count). The lowest BCUT2D eigenvalue weighted by molar-refractivity contribution is 0.100. The number of rotatable bonds is 4. The zero-order valence-corrected chi connectivity index (χ0v) is 15.8. The highest BCUT2D eigenvalue weighted by molar-refractivity contribution is 7.19. The first-order valence-corrected chi connectivity index (χ1v) is 8.77. The van der Waals surface area contributed by atoms with E-state index in [9.17, 15) is 4.79 Å². The fourth-order valence-corrected chi connectivity index (χ4v) is 3.67. The Morgan fingerprint density at radius 3 is 2.44 bits per heavy atom. The third-order valence-corrected chi connectivity index (χ3v) is 4.94. The monoisotopic (exact) mass is 358 g/mol. The summed E-state index contributed by atoms with van der Waals surface area (Å²) in [6, 6.07) is 7.77. The molecule has 132 valence electrons. The van der Waals surface area contributed by atoms with Crippen LogP contribution in [0.2, 0.25) is 0 Å². The number of methoxy groups -OCH3 is 1. The summed E-state index contributed by atoms with van der Waals surface area (Å²) in [5.41, 5.74) is 7.93. The highest BCUT2D eigenvalue weighted by atomic mass is 32.1. The second-order valence-electron chi connectivity index (χ2n) is 6.91. The minimum absolute atomic E-state index is 0.168. The number of fused-ring (bicyclic) bond motifs is 1. The van der Waals surface area contributed by atoms with Crippen LogP contribution in [-0.2, 0) is 0 Å². The third-order valence-electron chi connectivity index (χ3n) is 3.78. The summed E-state index contributed by atoms with van der Waals surface area (Å²) in [6.07, 6.45) is 0. The third kappa shape index (κ3) is 3.19. The van der Waals surface area contributed by atoms with E-state index in [0.29, 0.717) is 4.88 Å². The van der Waals surface area contributed by atoms with Crippen molar-refractivity contribution in [1.29, 1.82) is 0 Å². The van der Waals surface area contributed by atoms with E-state index < -0.39 is 5.91 Å². The van der Waals surface area contributed by atoms with E-state index in [1.165, 1.54) is 11.3 Å². The van der Waals surface area contributed by atoms with Gasteiger partial charge in [0.15, 0.2) is 4.96 Å². The summed E-state index contributed by atoms with van der Waals surface area (Å²) in [6.45, 7) is 8.14. The Labute approximate surface area is 150 Å². The molecule has 0 spiro atoms. The van der Waals surface area contributed by atoms with Crippen molar-refractivity contribution >= 4 is 28.0 Å². The summed E-state index contributed by atoms with van der Waals surface area (Å²) in [5.74, 6) is 1.22. The van der Waals surface area contributed by atoms with E-state index in [4.69, 9.17) is 15.5 Å². The number of imidazole rings is 1. The van der Waals surface area contributed by atoms with Crippen molar-refractivity contribution in [2.75, 3.05) is 12.4 Å². The van der Waals surface area contributed by atoms with E-state index in [1.807, 2.05) is 35.6 Å². The van der Waals surface area contributed by atoms with Crippen LogP contribution < -0.4 is 15.8 Å². The standard InChI is InChI=1S/C18H22N4O2S/c1-10-14(15(19)23)25-17-20-13(11-6-8-12(24-5)9-7-11)16(22(10)17)21-18(2,3)4/h6-9,21H,1-5H3,(H2,19,23). The van der Waals surface area contributed by atoms with Crippen molar-refractivity contribution in [3.8, 4) is 17.0 Å². The van der Waals surface area contributed by atoms with Gasteiger partial charge in [-0.15, -0.1) is 0 Å². The molecule has 0 saturated heterocycles. The van der Waals surface area contributed by atoms with Gasteiger partial charge in [-0.05, 0) is 52.0 Å². The molecule has 2 heterocycles. The molecule has 3 aromatic rings. The average molecular weight is 358 g/mol. The molecule has 0 saturated carbocycles. The van der Waals surface area contributed by atoms with Crippen LogP contribution in [0.5, 0.6) is 5.75 Å². The second kappa shape index (κ2) is 6.07. The average Bonchev–Trinajstić information content (AvgIpc) is 3.04. The van der Waals surface area contributed by atoms with Crippen molar-refractivity contribution in [3.05, 3.63) is 34.8 Å². The van der Waals surface area contributed by atoms with Gasteiger partial charge in [-0.1, -0.05) is 11.3 Å². The van der Waals surface area contributed by atoms with Gasteiger partial charge in [-0.25, -0.2) is 4.98 Å². The number of anilines is 1. The smallest absolute Gasteiger partial charge is 0.260 e. The number of hydrogen-bond acceptors (Lipinski definition) is 5. The van der Waals surface area contributed by atoms with Gasteiger partial charge in [0.2, 0.25) is 0 Å². The fourth-order valence-electron chi connectivity index (χ4n) is 2.70. The number of aryl methyl sites for hydroxylation is 1. The Morgan fingerprint density at radius 2 is 1.92 bits per heavy atom. The lowest BCUT2D eigenvalue weighted by atomic mass is 10.1. The van der Waals surface area contributed by atoms with Crippen molar-refractivity contribution < 1.29 is 9.53 Å². The molecule has 0 fully saturated rings. The normalized spacial score (nSPS) is 11.7. The number of nitrogens with zero attached hydrogens (tertiary/aromatic N) is 2. The number of ether oxygens (including phenoxy) is 1. The number of aromatic nitrogens is 2. The molecular weight excluding hydrogens is 336 g/mol.